The maximum atomic E-state index is 13.2. The van der Waals surface area contributed by atoms with Gasteiger partial charge in [-0.3, -0.25) is 9.78 Å². The maximum Gasteiger partial charge on any atom is 0.410 e. The van der Waals surface area contributed by atoms with Crippen LogP contribution in [0.25, 0.3) is 11.1 Å². The molecular weight excluding hydrogens is 410 g/mol. The number of pyridine rings is 1. The lowest BCUT2D eigenvalue weighted by atomic mass is 10.0. The number of nitrogens with zero attached hydrogens (tertiary/aromatic N) is 3. The number of hydrogen-bond acceptors (Lipinski definition) is 6. The van der Waals surface area contributed by atoms with Crippen molar-refractivity contribution in [1.29, 1.82) is 0 Å². The molecule has 1 saturated heterocycles. The fourth-order valence-electron chi connectivity index (χ4n) is 3.46. The molecule has 1 fully saturated rings. The van der Waals surface area contributed by atoms with E-state index in [0.717, 1.165) is 11.1 Å². The van der Waals surface area contributed by atoms with Crippen LogP contribution in [0.5, 0.6) is 0 Å². The van der Waals surface area contributed by atoms with E-state index in [0.29, 0.717) is 5.56 Å². The van der Waals surface area contributed by atoms with Crippen molar-refractivity contribution in [2.75, 3.05) is 26.2 Å². The molecule has 0 radical (unpaired) electrons. The van der Waals surface area contributed by atoms with Crippen LogP contribution in [0, 0.1) is 0 Å². The molecule has 1 aliphatic heterocycles. The molecule has 0 bridgehead atoms. The molecule has 0 aliphatic carbocycles. The van der Waals surface area contributed by atoms with Gasteiger partial charge < -0.3 is 19.3 Å². The van der Waals surface area contributed by atoms with Gasteiger partial charge in [-0.05, 0) is 57.0 Å². The molecule has 2 amide bonds. The molecule has 8 heteroatoms. The summed E-state index contributed by atoms with van der Waals surface area (Å²) in [7, 11) is 0. The second-order valence-electron chi connectivity index (χ2n) is 8.51. The van der Waals surface area contributed by atoms with E-state index in [4.69, 9.17) is 9.47 Å². The normalized spacial score (nSPS) is 16.4. The van der Waals surface area contributed by atoms with E-state index in [9.17, 15) is 14.4 Å². The number of aromatic nitrogens is 1. The van der Waals surface area contributed by atoms with E-state index in [1.54, 1.807) is 52.2 Å². The lowest BCUT2D eigenvalue weighted by Crippen LogP contribution is -2.60. The molecule has 0 spiro atoms. The van der Waals surface area contributed by atoms with Gasteiger partial charge in [0.1, 0.15) is 11.6 Å². The molecule has 8 nitrogen and oxygen atoms in total. The predicted molar refractivity (Wildman–Crippen MR) is 119 cm³/mol. The molecule has 2 heterocycles. The molecule has 0 N–H and O–H groups in total. The lowest BCUT2D eigenvalue weighted by molar-refractivity contribution is -0.150. The second kappa shape index (κ2) is 9.80. The highest BCUT2D eigenvalue weighted by atomic mass is 16.6. The van der Waals surface area contributed by atoms with Crippen LogP contribution in [0.3, 0.4) is 0 Å². The molecule has 1 aromatic carbocycles. The fourth-order valence-corrected chi connectivity index (χ4v) is 3.46. The number of carbonyl (C=O) groups is 3. The van der Waals surface area contributed by atoms with Crippen molar-refractivity contribution in [3.05, 3.63) is 54.4 Å². The summed E-state index contributed by atoms with van der Waals surface area (Å²) in [6, 6.07) is 10.0. The summed E-state index contributed by atoms with van der Waals surface area (Å²) in [6.07, 6.45) is 2.94. The van der Waals surface area contributed by atoms with E-state index in [1.807, 2.05) is 24.3 Å². The van der Waals surface area contributed by atoms with Gasteiger partial charge in [-0.1, -0.05) is 18.2 Å². The molecule has 1 aliphatic rings. The van der Waals surface area contributed by atoms with Crippen LogP contribution in [0.2, 0.25) is 0 Å². The third kappa shape index (κ3) is 5.63. The lowest BCUT2D eigenvalue weighted by Gasteiger charge is -2.40. The third-order valence-corrected chi connectivity index (χ3v) is 4.98. The van der Waals surface area contributed by atoms with Gasteiger partial charge in [0.25, 0.3) is 5.91 Å². The highest BCUT2D eigenvalue weighted by Crippen LogP contribution is 2.22. The molecule has 170 valence electrons. The number of ether oxygens (including phenoxy) is 2. The van der Waals surface area contributed by atoms with E-state index >= 15 is 0 Å². The summed E-state index contributed by atoms with van der Waals surface area (Å²) >= 11 is 0. The summed E-state index contributed by atoms with van der Waals surface area (Å²) in [4.78, 5) is 45.4. The molecule has 32 heavy (non-hydrogen) atoms. The van der Waals surface area contributed by atoms with Crippen molar-refractivity contribution >= 4 is 18.0 Å². The van der Waals surface area contributed by atoms with Crippen LogP contribution in [-0.2, 0) is 14.3 Å². The average molecular weight is 440 g/mol. The zero-order valence-electron chi connectivity index (χ0n) is 18.9. The van der Waals surface area contributed by atoms with Gasteiger partial charge in [-0.15, -0.1) is 0 Å². The number of carbonyl (C=O) groups excluding carboxylic acids is 3. The van der Waals surface area contributed by atoms with Gasteiger partial charge >= 0.3 is 12.1 Å². The minimum atomic E-state index is -0.901. The van der Waals surface area contributed by atoms with Crippen LogP contribution >= 0.6 is 0 Å². The largest absolute Gasteiger partial charge is 0.464 e. The quantitative estimate of drug-likeness (QED) is 0.679. The number of amides is 2. The Morgan fingerprint density at radius 1 is 1.06 bits per heavy atom. The minimum absolute atomic E-state index is 0.0211. The Hall–Kier alpha value is -3.42. The first-order valence-corrected chi connectivity index (χ1v) is 10.7. The van der Waals surface area contributed by atoms with E-state index in [-0.39, 0.29) is 32.1 Å². The molecular formula is C24H29N3O5. The molecule has 1 atom stereocenters. The number of esters is 1. The Balaban J connectivity index is 1.78. The van der Waals surface area contributed by atoms with E-state index < -0.39 is 23.7 Å². The van der Waals surface area contributed by atoms with Crippen LogP contribution in [0.4, 0.5) is 4.79 Å². The van der Waals surface area contributed by atoms with Crippen molar-refractivity contribution < 1.29 is 23.9 Å². The first kappa shape index (κ1) is 23.2. The smallest absolute Gasteiger partial charge is 0.410 e. The average Bonchev–Trinajstić information content (AvgIpc) is 2.78. The Bertz CT molecular complexity index is 954. The Labute approximate surface area is 188 Å². The molecule has 0 saturated carbocycles. The summed E-state index contributed by atoms with van der Waals surface area (Å²) in [6.45, 7) is 7.72. The van der Waals surface area contributed by atoms with Gasteiger partial charge in [-0.2, -0.15) is 0 Å². The van der Waals surface area contributed by atoms with Crippen molar-refractivity contribution in [3.63, 3.8) is 0 Å². The van der Waals surface area contributed by atoms with Crippen molar-refractivity contribution in [2.45, 2.75) is 39.3 Å². The van der Waals surface area contributed by atoms with Gasteiger partial charge in [0.15, 0.2) is 0 Å². The molecule has 1 aromatic heterocycles. The van der Waals surface area contributed by atoms with Gasteiger partial charge in [0.2, 0.25) is 0 Å². The molecule has 3 rings (SSSR count). The highest BCUT2D eigenvalue weighted by Gasteiger charge is 2.39. The fraction of sp³-hybridized carbons (Fsp3) is 0.417. The summed E-state index contributed by atoms with van der Waals surface area (Å²) in [5.41, 5.74) is 1.69. The molecule has 2 aromatic rings. The first-order chi connectivity index (χ1) is 15.2. The van der Waals surface area contributed by atoms with E-state index in [1.165, 1.54) is 9.80 Å². The van der Waals surface area contributed by atoms with Crippen LogP contribution < -0.4 is 0 Å². The highest BCUT2D eigenvalue weighted by molar-refractivity contribution is 5.97. The van der Waals surface area contributed by atoms with Crippen molar-refractivity contribution in [2.24, 2.45) is 0 Å². The second-order valence-corrected chi connectivity index (χ2v) is 8.51. The Morgan fingerprint density at radius 3 is 2.38 bits per heavy atom. The number of hydrogen-bond donors (Lipinski definition) is 0. The maximum absolute atomic E-state index is 13.2. The minimum Gasteiger partial charge on any atom is -0.464 e. The van der Waals surface area contributed by atoms with Crippen LogP contribution in [0.1, 0.15) is 38.1 Å². The van der Waals surface area contributed by atoms with Gasteiger partial charge in [-0.25, -0.2) is 9.59 Å². The van der Waals surface area contributed by atoms with Crippen LogP contribution in [-0.4, -0.2) is 70.6 Å². The SMILES string of the molecule is CCOC(=O)C1CN(C(=O)OC(C)(C)C)CCN1C(=O)c1ccc(-c2cccnc2)cc1. The van der Waals surface area contributed by atoms with Gasteiger partial charge in [0.05, 0.1) is 13.2 Å². The first-order valence-electron chi connectivity index (χ1n) is 10.7. The number of rotatable bonds is 4. The zero-order valence-corrected chi connectivity index (χ0v) is 18.9. The number of piperazine rings is 1. The van der Waals surface area contributed by atoms with Gasteiger partial charge in [0, 0.05) is 31.0 Å². The van der Waals surface area contributed by atoms with Crippen molar-refractivity contribution in [3.8, 4) is 11.1 Å². The number of benzene rings is 1. The molecule has 1 unspecified atom stereocenters. The Morgan fingerprint density at radius 2 is 1.78 bits per heavy atom. The zero-order chi connectivity index (χ0) is 23.3. The summed E-state index contributed by atoms with van der Waals surface area (Å²) in [5.74, 6) is -0.828. The van der Waals surface area contributed by atoms with Crippen molar-refractivity contribution in [1.82, 2.24) is 14.8 Å². The summed E-state index contributed by atoms with van der Waals surface area (Å²) < 4.78 is 10.6. The topological polar surface area (TPSA) is 89.0 Å². The van der Waals surface area contributed by atoms with Crippen LogP contribution in [0.15, 0.2) is 48.8 Å². The Kier molecular flexibility index (Phi) is 7.12. The predicted octanol–water partition coefficient (Wildman–Crippen LogP) is 3.37. The standard InChI is InChI=1S/C24H29N3O5/c1-5-31-22(29)20-16-26(23(30)32-24(2,3)4)13-14-27(20)21(28)18-10-8-17(9-11-18)19-7-6-12-25-15-19/h6-12,15,20H,5,13-14,16H2,1-4H3. The van der Waals surface area contributed by atoms with E-state index in [2.05, 4.69) is 4.98 Å². The summed E-state index contributed by atoms with van der Waals surface area (Å²) in [5, 5.41) is 0. The third-order valence-electron chi connectivity index (χ3n) is 4.98. The monoisotopic (exact) mass is 439 g/mol.